The van der Waals surface area contributed by atoms with Gasteiger partial charge in [0, 0.05) is 18.2 Å². The van der Waals surface area contributed by atoms with Crippen LogP contribution in [0.15, 0.2) is 5.38 Å². The van der Waals surface area contributed by atoms with Gasteiger partial charge in [0.25, 0.3) is 0 Å². The van der Waals surface area contributed by atoms with Crippen molar-refractivity contribution in [2.24, 2.45) is 0 Å². The second-order valence-electron chi connectivity index (χ2n) is 3.24. The molecule has 0 atom stereocenters. The number of halogens is 1. The van der Waals surface area contributed by atoms with Crippen molar-refractivity contribution in [3.63, 3.8) is 0 Å². The Morgan fingerprint density at radius 1 is 1.40 bits per heavy atom. The standard InChI is InChI=1S/C9H9ClN2O2S/c10-3-6-5-15-7(11-6)4-12-8(13)1-2-9(12)14/h5H,1-4H2. The molecule has 80 valence electrons. The summed E-state index contributed by atoms with van der Waals surface area (Å²) in [6, 6.07) is 0. The van der Waals surface area contributed by atoms with Gasteiger partial charge in [-0.2, -0.15) is 0 Å². The zero-order valence-corrected chi connectivity index (χ0v) is 9.48. The van der Waals surface area contributed by atoms with Crippen LogP contribution in [0.3, 0.4) is 0 Å². The number of hydrogen-bond donors (Lipinski definition) is 0. The fraction of sp³-hybridized carbons (Fsp3) is 0.444. The molecule has 0 aromatic carbocycles. The average molecular weight is 245 g/mol. The first-order valence-corrected chi connectivity index (χ1v) is 5.94. The van der Waals surface area contributed by atoms with E-state index in [0.29, 0.717) is 25.3 Å². The predicted molar refractivity (Wildman–Crippen MR) is 56.5 cm³/mol. The monoisotopic (exact) mass is 244 g/mol. The van der Waals surface area contributed by atoms with Gasteiger partial charge in [0.1, 0.15) is 5.01 Å². The number of nitrogens with zero attached hydrogens (tertiary/aromatic N) is 2. The topological polar surface area (TPSA) is 50.3 Å². The van der Waals surface area contributed by atoms with Gasteiger partial charge in [0.15, 0.2) is 0 Å². The van der Waals surface area contributed by atoms with E-state index in [9.17, 15) is 9.59 Å². The molecule has 0 radical (unpaired) electrons. The molecule has 0 aliphatic carbocycles. The lowest BCUT2D eigenvalue weighted by Crippen LogP contribution is -2.28. The van der Waals surface area contributed by atoms with E-state index in [1.807, 2.05) is 5.38 Å². The lowest BCUT2D eigenvalue weighted by atomic mass is 10.4. The first kappa shape index (κ1) is 10.6. The van der Waals surface area contributed by atoms with Crippen LogP contribution in [0.25, 0.3) is 0 Å². The molecule has 4 nitrogen and oxygen atoms in total. The summed E-state index contributed by atoms with van der Waals surface area (Å²) in [7, 11) is 0. The first-order chi connectivity index (χ1) is 7.20. The summed E-state index contributed by atoms with van der Waals surface area (Å²) in [5, 5.41) is 2.60. The highest BCUT2D eigenvalue weighted by Gasteiger charge is 2.29. The minimum Gasteiger partial charge on any atom is -0.276 e. The van der Waals surface area contributed by atoms with E-state index < -0.39 is 0 Å². The number of aromatic nitrogens is 1. The van der Waals surface area contributed by atoms with Crippen molar-refractivity contribution in [1.29, 1.82) is 0 Å². The van der Waals surface area contributed by atoms with Crippen LogP contribution in [0.4, 0.5) is 0 Å². The first-order valence-electron chi connectivity index (χ1n) is 4.53. The van der Waals surface area contributed by atoms with E-state index >= 15 is 0 Å². The summed E-state index contributed by atoms with van der Waals surface area (Å²) in [5.41, 5.74) is 0.788. The molecule has 1 aromatic rings. The van der Waals surface area contributed by atoms with Crippen LogP contribution in [-0.2, 0) is 22.0 Å². The van der Waals surface area contributed by atoms with Crippen LogP contribution in [0.2, 0.25) is 0 Å². The van der Waals surface area contributed by atoms with Crippen LogP contribution in [0.1, 0.15) is 23.5 Å². The summed E-state index contributed by atoms with van der Waals surface area (Å²) in [5.74, 6) is 0.142. The van der Waals surface area contributed by atoms with Gasteiger partial charge in [0.2, 0.25) is 11.8 Å². The fourth-order valence-corrected chi connectivity index (χ4v) is 2.43. The van der Waals surface area contributed by atoms with Crippen LogP contribution in [0.5, 0.6) is 0 Å². The number of carbonyl (C=O) groups excluding carboxylic acids is 2. The normalized spacial score (nSPS) is 16.5. The molecule has 15 heavy (non-hydrogen) atoms. The fourth-order valence-electron chi connectivity index (χ4n) is 1.42. The number of rotatable bonds is 3. The average Bonchev–Trinajstić information content (AvgIpc) is 2.80. The summed E-state index contributed by atoms with van der Waals surface area (Å²) in [6.07, 6.45) is 0.652. The summed E-state index contributed by atoms with van der Waals surface area (Å²) < 4.78 is 0. The van der Waals surface area contributed by atoms with Crippen molar-refractivity contribution >= 4 is 34.8 Å². The molecular weight excluding hydrogens is 236 g/mol. The van der Waals surface area contributed by atoms with Crippen LogP contribution in [0, 0.1) is 0 Å². The van der Waals surface area contributed by atoms with Gasteiger partial charge in [-0.25, -0.2) is 4.98 Å². The molecule has 1 saturated heterocycles. The Morgan fingerprint density at radius 3 is 2.60 bits per heavy atom. The quantitative estimate of drug-likeness (QED) is 0.599. The number of hydrogen-bond acceptors (Lipinski definition) is 4. The molecule has 1 fully saturated rings. The SMILES string of the molecule is O=C1CCC(=O)N1Cc1nc(CCl)cs1. The molecule has 2 amide bonds. The molecule has 1 aliphatic heterocycles. The lowest BCUT2D eigenvalue weighted by Gasteiger charge is -2.10. The third kappa shape index (κ3) is 2.18. The zero-order valence-electron chi connectivity index (χ0n) is 7.90. The molecule has 0 unspecified atom stereocenters. The van der Waals surface area contributed by atoms with Gasteiger partial charge in [-0.1, -0.05) is 0 Å². The molecule has 0 saturated carbocycles. The molecule has 2 rings (SSSR count). The van der Waals surface area contributed by atoms with Gasteiger partial charge < -0.3 is 0 Å². The number of thiazole rings is 1. The summed E-state index contributed by atoms with van der Waals surface area (Å²) in [4.78, 5) is 28.1. The molecule has 1 aliphatic rings. The highest BCUT2D eigenvalue weighted by molar-refractivity contribution is 7.09. The van der Waals surface area contributed by atoms with Crippen LogP contribution < -0.4 is 0 Å². The van der Waals surface area contributed by atoms with Gasteiger partial charge >= 0.3 is 0 Å². The number of alkyl halides is 1. The van der Waals surface area contributed by atoms with Crippen molar-refractivity contribution in [2.45, 2.75) is 25.3 Å². The Morgan fingerprint density at radius 2 is 2.07 bits per heavy atom. The molecule has 0 bridgehead atoms. The van der Waals surface area contributed by atoms with Crippen LogP contribution >= 0.6 is 22.9 Å². The van der Waals surface area contributed by atoms with Crippen molar-refractivity contribution in [3.05, 3.63) is 16.1 Å². The summed E-state index contributed by atoms with van der Waals surface area (Å²) >= 11 is 7.03. The largest absolute Gasteiger partial charge is 0.276 e. The maximum Gasteiger partial charge on any atom is 0.230 e. The van der Waals surface area contributed by atoms with Crippen molar-refractivity contribution in [1.82, 2.24) is 9.88 Å². The van der Waals surface area contributed by atoms with E-state index in [1.165, 1.54) is 16.2 Å². The van der Waals surface area contributed by atoms with E-state index in [4.69, 9.17) is 11.6 Å². The third-order valence-corrected chi connectivity index (χ3v) is 3.34. The summed E-state index contributed by atoms with van der Waals surface area (Å²) in [6.45, 7) is 0.291. The number of carbonyl (C=O) groups is 2. The molecular formula is C9H9ClN2O2S. The van der Waals surface area contributed by atoms with E-state index in [2.05, 4.69) is 4.98 Å². The predicted octanol–water partition coefficient (Wildman–Crippen LogP) is 1.53. The second-order valence-corrected chi connectivity index (χ2v) is 4.45. The van der Waals surface area contributed by atoms with Crippen LogP contribution in [-0.4, -0.2) is 21.7 Å². The molecule has 6 heteroatoms. The zero-order chi connectivity index (χ0) is 10.8. The Hall–Kier alpha value is -0.940. The highest BCUT2D eigenvalue weighted by Crippen LogP contribution is 2.18. The molecule has 0 spiro atoms. The second kappa shape index (κ2) is 4.28. The molecule has 2 heterocycles. The Kier molecular flexibility index (Phi) is 3.02. The lowest BCUT2D eigenvalue weighted by molar-refractivity contribution is -0.139. The minimum absolute atomic E-state index is 0.109. The highest BCUT2D eigenvalue weighted by atomic mass is 35.5. The smallest absolute Gasteiger partial charge is 0.230 e. The van der Waals surface area contributed by atoms with Gasteiger partial charge in [-0.15, -0.1) is 22.9 Å². The van der Waals surface area contributed by atoms with Gasteiger partial charge in [-0.05, 0) is 0 Å². The Bertz CT molecular complexity index is 389. The van der Waals surface area contributed by atoms with Crippen molar-refractivity contribution in [3.8, 4) is 0 Å². The Balaban J connectivity index is 2.07. The minimum atomic E-state index is -0.109. The van der Waals surface area contributed by atoms with E-state index in [1.54, 1.807) is 0 Å². The maximum atomic E-state index is 11.3. The van der Waals surface area contributed by atoms with Gasteiger partial charge in [0.05, 0.1) is 18.1 Å². The van der Waals surface area contributed by atoms with Crippen molar-refractivity contribution in [2.75, 3.05) is 0 Å². The van der Waals surface area contributed by atoms with E-state index in [-0.39, 0.29) is 11.8 Å². The van der Waals surface area contributed by atoms with E-state index in [0.717, 1.165) is 10.7 Å². The van der Waals surface area contributed by atoms with Gasteiger partial charge in [-0.3, -0.25) is 14.5 Å². The number of likely N-dealkylation sites (tertiary alicyclic amines) is 1. The number of imide groups is 1. The number of amides is 2. The molecule has 0 N–H and O–H groups in total. The molecule has 1 aromatic heterocycles. The Labute approximate surface area is 95.9 Å². The third-order valence-electron chi connectivity index (χ3n) is 2.18. The maximum absolute atomic E-state index is 11.3. The van der Waals surface area contributed by atoms with Crippen molar-refractivity contribution < 1.29 is 9.59 Å².